The average Bonchev–Trinajstić information content (AvgIpc) is 2.84. The number of hydrogen-bond donors (Lipinski definition) is 1. The van der Waals surface area contributed by atoms with E-state index in [9.17, 15) is 4.79 Å². The summed E-state index contributed by atoms with van der Waals surface area (Å²) in [6, 6.07) is 8.44. The number of nitrogens with zero attached hydrogens (tertiary/aromatic N) is 1. The van der Waals surface area contributed by atoms with Crippen molar-refractivity contribution in [3.8, 4) is 0 Å². The molecule has 2 rings (SSSR count). The van der Waals surface area contributed by atoms with E-state index in [4.69, 9.17) is 21.8 Å². The van der Waals surface area contributed by atoms with Gasteiger partial charge in [0, 0.05) is 12.7 Å². The summed E-state index contributed by atoms with van der Waals surface area (Å²) < 4.78 is 5.19. The Hall–Kier alpha value is -1.94. The Morgan fingerprint density at radius 3 is 2.89 bits per heavy atom. The molecule has 0 aliphatic heterocycles. The number of halogens is 1. The monoisotopic (exact) mass is 264 g/mol. The highest BCUT2D eigenvalue weighted by molar-refractivity contribution is 6.33. The fourth-order valence-corrected chi connectivity index (χ4v) is 1.82. The second kappa shape index (κ2) is 5.14. The minimum atomic E-state index is -0.191. The molecule has 5 heteroatoms. The van der Waals surface area contributed by atoms with Gasteiger partial charge < -0.3 is 15.1 Å². The van der Waals surface area contributed by atoms with Gasteiger partial charge in [0.1, 0.15) is 5.76 Å². The number of amides is 1. The number of anilines is 1. The van der Waals surface area contributed by atoms with E-state index >= 15 is 0 Å². The first-order chi connectivity index (χ1) is 8.58. The summed E-state index contributed by atoms with van der Waals surface area (Å²) in [5, 5.41) is 0.389. The van der Waals surface area contributed by atoms with Crippen LogP contribution >= 0.6 is 11.6 Å². The Kier molecular flexibility index (Phi) is 3.58. The normalized spacial score (nSPS) is 10.3. The molecule has 18 heavy (non-hydrogen) atoms. The lowest BCUT2D eigenvalue weighted by Gasteiger charge is -2.16. The minimum absolute atomic E-state index is 0.191. The smallest absolute Gasteiger partial charge is 0.255 e. The van der Waals surface area contributed by atoms with E-state index in [0.29, 0.717) is 28.6 Å². The van der Waals surface area contributed by atoms with Crippen molar-refractivity contribution in [3.05, 3.63) is 52.9 Å². The molecular weight excluding hydrogens is 252 g/mol. The molecule has 1 amide bonds. The van der Waals surface area contributed by atoms with Crippen molar-refractivity contribution in [1.29, 1.82) is 0 Å². The maximum Gasteiger partial charge on any atom is 0.255 e. The lowest BCUT2D eigenvalue weighted by atomic mass is 10.1. The first kappa shape index (κ1) is 12.5. The van der Waals surface area contributed by atoms with Gasteiger partial charge in [-0.25, -0.2) is 0 Å². The van der Waals surface area contributed by atoms with Gasteiger partial charge in [0.15, 0.2) is 0 Å². The van der Waals surface area contributed by atoms with Gasteiger partial charge >= 0.3 is 0 Å². The van der Waals surface area contributed by atoms with Gasteiger partial charge in [0.25, 0.3) is 5.91 Å². The SMILES string of the molecule is CN(Cc1ccco1)C(=O)c1cc(N)ccc1Cl. The molecule has 2 aromatic rings. The molecule has 4 nitrogen and oxygen atoms in total. The molecule has 94 valence electrons. The number of rotatable bonds is 3. The minimum Gasteiger partial charge on any atom is -0.467 e. The van der Waals surface area contributed by atoms with E-state index in [1.165, 1.54) is 4.90 Å². The quantitative estimate of drug-likeness (QED) is 0.867. The van der Waals surface area contributed by atoms with E-state index in [-0.39, 0.29) is 5.91 Å². The second-order valence-corrected chi connectivity index (χ2v) is 4.39. The molecule has 0 aliphatic carbocycles. The van der Waals surface area contributed by atoms with E-state index < -0.39 is 0 Å². The summed E-state index contributed by atoms with van der Waals surface area (Å²) in [5.41, 5.74) is 6.56. The molecule has 0 aliphatic rings. The molecule has 0 bridgehead atoms. The van der Waals surface area contributed by atoms with E-state index in [2.05, 4.69) is 0 Å². The zero-order valence-electron chi connectivity index (χ0n) is 9.89. The van der Waals surface area contributed by atoms with Gasteiger partial charge in [0.2, 0.25) is 0 Å². The van der Waals surface area contributed by atoms with Gasteiger partial charge in [0.05, 0.1) is 23.4 Å². The number of carbonyl (C=O) groups excluding carboxylic acids is 1. The molecule has 1 aromatic carbocycles. The topological polar surface area (TPSA) is 59.5 Å². The fourth-order valence-electron chi connectivity index (χ4n) is 1.62. The van der Waals surface area contributed by atoms with Crippen LogP contribution in [0.25, 0.3) is 0 Å². The average molecular weight is 265 g/mol. The van der Waals surface area contributed by atoms with E-state index in [1.54, 1.807) is 37.6 Å². The van der Waals surface area contributed by atoms with Crippen molar-refractivity contribution >= 4 is 23.2 Å². The second-order valence-electron chi connectivity index (χ2n) is 3.98. The lowest BCUT2D eigenvalue weighted by Crippen LogP contribution is -2.26. The summed E-state index contributed by atoms with van der Waals surface area (Å²) in [7, 11) is 1.68. The highest BCUT2D eigenvalue weighted by Crippen LogP contribution is 2.21. The van der Waals surface area contributed by atoms with Crippen LogP contribution in [0.1, 0.15) is 16.1 Å². The molecule has 0 unspecified atom stereocenters. The van der Waals surface area contributed by atoms with E-state index in [0.717, 1.165) is 0 Å². The molecule has 0 saturated heterocycles. The maximum atomic E-state index is 12.2. The molecular formula is C13H13ClN2O2. The van der Waals surface area contributed by atoms with Gasteiger partial charge in [-0.05, 0) is 30.3 Å². The third kappa shape index (κ3) is 2.65. The number of benzene rings is 1. The molecule has 0 spiro atoms. The highest BCUT2D eigenvalue weighted by Gasteiger charge is 2.16. The zero-order valence-corrected chi connectivity index (χ0v) is 10.6. The van der Waals surface area contributed by atoms with Crippen molar-refractivity contribution in [2.24, 2.45) is 0 Å². The number of hydrogen-bond acceptors (Lipinski definition) is 3. The molecule has 1 aromatic heterocycles. The Labute approximate surface area is 110 Å². The summed E-state index contributed by atoms with van der Waals surface area (Å²) in [6.07, 6.45) is 1.57. The van der Waals surface area contributed by atoms with Crippen LogP contribution in [0, 0.1) is 0 Å². The summed E-state index contributed by atoms with van der Waals surface area (Å²) in [5.74, 6) is 0.523. The summed E-state index contributed by atoms with van der Waals surface area (Å²) >= 11 is 5.99. The lowest BCUT2D eigenvalue weighted by molar-refractivity contribution is 0.0775. The van der Waals surface area contributed by atoms with Crippen molar-refractivity contribution in [2.75, 3.05) is 12.8 Å². The van der Waals surface area contributed by atoms with Crippen molar-refractivity contribution < 1.29 is 9.21 Å². The van der Waals surface area contributed by atoms with Crippen LogP contribution < -0.4 is 5.73 Å². The Morgan fingerprint density at radius 1 is 1.44 bits per heavy atom. The molecule has 0 radical (unpaired) electrons. The van der Waals surface area contributed by atoms with Gasteiger partial charge in [-0.15, -0.1) is 0 Å². The summed E-state index contributed by atoms with van der Waals surface area (Å²) in [4.78, 5) is 13.7. The van der Waals surface area contributed by atoms with Crippen LogP contribution in [-0.2, 0) is 6.54 Å². The van der Waals surface area contributed by atoms with E-state index in [1.807, 2.05) is 6.07 Å². The van der Waals surface area contributed by atoms with Crippen LogP contribution in [0.3, 0.4) is 0 Å². The standard InChI is InChI=1S/C13H13ClN2O2/c1-16(8-10-3-2-6-18-10)13(17)11-7-9(15)4-5-12(11)14/h2-7H,8,15H2,1H3. The molecule has 2 N–H and O–H groups in total. The van der Waals surface area contributed by atoms with Crippen molar-refractivity contribution in [3.63, 3.8) is 0 Å². The van der Waals surface area contributed by atoms with Crippen molar-refractivity contribution in [2.45, 2.75) is 6.54 Å². The maximum absolute atomic E-state index is 12.2. The van der Waals surface area contributed by atoms with Gasteiger partial charge in [-0.2, -0.15) is 0 Å². The van der Waals surface area contributed by atoms with Crippen LogP contribution in [0.2, 0.25) is 5.02 Å². The van der Waals surface area contributed by atoms with Crippen LogP contribution in [0.5, 0.6) is 0 Å². The van der Waals surface area contributed by atoms with Crippen LogP contribution in [-0.4, -0.2) is 17.9 Å². The number of nitrogens with two attached hydrogens (primary N) is 1. The predicted molar refractivity (Wildman–Crippen MR) is 70.4 cm³/mol. The number of furan rings is 1. The van der Waals surface area contributed by atoms with Gasteiger partial charge in [-0.3, -0.25) is 4.79 Å². The zero-order chi connectivity index (χ0) is 13.1. The largest absolute Gasteiger partial charge is 0.467 e. The van der Waals surface area contributed by atoms with Crippen LogP contribution in [0.15, 0.2) is 41.0 Å². The molecule has 0 fully saturated rings. The van der Waals surface area contributed by atoms with Crippen molar-refractivity contribution in [1.82, 2.24) is 4.90 Å². The summed E-state index contributed by atoms with van der Waals surface area (Å²) in [6.45, 7) is 0.386. The van der Waals surface area contributed by atoms with Crippen LogP contribution in [0.4, 0.5) is 5.69 Å². The first-order valence-corrected chi connectivity index (χ1v) is 5.78. The number of carbonyl (C=O) groups is 1. The third-order valence-electron chi connectivity index (χ3n) is 2.54. The van der Waals surface area contributed by atoms with Gasteiger partial charge in [-0.1, -0.05) is 11.6 Å². The Bertz CT molecular complexity index is 552. The fraction of sp³-hybridized carbons (Fsp3) is 0.154. The molecule has 0 atom stereocenters. The molecule has 1 heterocycles. The predicted octanol–water partition coefficient (Wildman–Crippen LogP) is 2.79. The molecule has 0 saturated carbocycles. The first-order valence-electron chi connectivity index (χ1n) is 5.41. The third-order valence-corrected chi connectivity index (χ3v) is 2.87. The highest BCUT2D eigenvalue weighted by atomic mass is 35.5. The Balaban J connectivity index is 2.17. The Morgan fingerprint density at radius 2 is 2.22 bits per heavy atom. The number of nitrogen functional groups attached to an aromatic ring is 1.